The van der Waals surface area contributed by atoms with Gasteiger partial charge < -0.3 is 15.7 Å². The second kappa shape index (κ2) is 7.99. The highest BCUT2D eigenvalue weighted by atomic mass is 35.5. The molecule has 3 N–H and O–H groups in total. The molecule has 1 heterocycles. The van der Waals surface area contributed by atoms with E-state index >= 15 is 0 Å². The van der Waals surface area contributed by atoms with Gasteiger partial charge in [-0.2, -0.15) is 5.10 Å². The molecule has 0 radical (unpaired) electrons. The van der Waals surface area contributed by atoms with Crippen molar-refractivity contribution < 1.29 is 9.90 Å². The number of aliphatic hydroxyl groups is 1. The van der Waals surface area contributed by atoms with E-state index in [1.165, 1.54) is 0 Å². The first kappa shape index (κ1) is 17.3. The van der Waals surface area contributed by atoms with Crippen molar-refractivity contribution in [2.24, 2.45) is 5.92 Å². The summed E-state index contributed by atoms with van der Waals surface area (Å²) < 4.78 is 1.65. The number of halogens is 1. The van der Waals surface area contributed by atoms with E-state index in [-0.39, 0.29) is 18.7 Å². The molecular formula is C16H21ClN4O2. The van der Waals surface area contributed by atoms with Gasteiger partial charge in [0.2, 0.25) is 0 Å². The Morgan fingerprint density at radius 1 is 1.43 bits per heavy atom. The maximum atomic E-state index is 12.0. The Balaban J connectivity index is 2.00. The summed E-state index contributed by atoms with van der Waals surface area (Å²) in [5.41, 5.74) is 1.31. The average Bonchev–Trinajstić information content (AvgIpc) is 3.00. The Kier molecular flexibility index (Phi) is 6.01. The van der Waals surface area contributed by atoms with E-state index < -0.39 is 0 Å². The molecule has 23 heavy (non-hydrogen) atoms. The van der Waals surface area contributed by atoms with Gasteiger partial charge in [-0.15, -0.1) is 0 Å². The summed E-state index contributed by atoms with van der Waals surface area (Å²) in [5, 5.41) is 19.4. The van der Waals surface area contributed by atoms with Crippen molar-refractivity contribution in [3.8, 4) is 5.69 Å². The van der Waals surface area contributed by atoms with Gasteiger partial charge in [0.25, 0.3) is 0 Å². The molecule has 0 saturated heterocycles. The van der Waals surface area contributed by atoms with Gasteiger partial charge in [-0.05, 0) is 36.6 Å². The maximum Gasteiger partial charge on any atom is 0.319 e. The van der Waals surface area contributed by atoms with Gasteiger partial charge in [0.1, 0.15) is 0 Å². The van der Waals surface area contributed by atoms with E-state index in [4.69, 9.17) is 11.6 Å². The third-order valence-electron chi connectivity index (χ3n) is 3.27. The van der Waals surface area contributed by atoms with Crippen molar-refractivity contribution in [3.63, 3.8) is 0 Å². The SMILES string of the molecule is CC(C)CC(CO)NC(=O)Nc1ccc(-n2cccn2)c(Cl)c1. The lowest BCUT2D eigenvalue weighted by Crippen LogP contribution is -2.40. The number of nitrogens with one attached hydrogen (secondary N) is 2. The molecule has 0 aliphatic carbocycles. The third kappa shape index (κ3) is 4.97. The van der Waals surface area contributed by atoms with Gasteiger partial charge in [0.05, 0.1) is 23.4 Å². The highest BCUT2D eigenvalue weighted by molar-refractivity contribution is 6.32. The van der Waals surface area contributed by atoms with Gasteiger partial charge in [-0.25, -0.2) is 9.48 Å². The van der Waals surface area contributed by atoms with Crippen LogP contribution in [0, 0.1) is 5.92 Å². The number of hydrogen-bond donors (Lipinski definition) is 3. The summed E-state index contributed by atoms with van der Waals surface area (Å²) >= 11 is 6.23. The number of carbonyl (C=O) groups is 1. The van der Waals surface area contributed by atoms with Crippen LogP contribution >= 0.6 is 11.6 Å². The molecule has 1 atom stereocenters. The number of hydrogen-bond acceptors (Lipinski definition) is 3. The van der Waals surface area contributed by atoms with Crippen LogP contribution in [0.2, 0.25) is 5.02 Å². The summed E-state index contributed by atoms with van der Waals surface area (Å²) in [6.45, 7) is 3.98. The second-order valence-corrected chi connectivity index (χ2v) is 6.13. The van der Waals surface area contributed by atoms with Crippen molar-refractivity contribution in [2.75, 3.05) is 11.9 Å². The molecule has 6 nitrogen and oxygen atoms in total. The van der Waals surface area contributed by atoms with Crippen LogP contribution in [0.5, 0.6) is 0 Å². The number of urea groups is 1. The molecule has 1 unspecified atom stereocenters. The summed E-state index contributed by atoms with van der Waals surface area (Å²) in [6.07, 6.45) is 4.17. The van der Waals surface area contributed by atoms with Crippen LogP contribution in [0.15, 0.2) is 36.7 Å². The van der Waals surface area contributed by atoms with Crippen LogP contribution in [-0.2, 0) is 0 Å². The maximum absolute atomic E-state index is 12.0. The van der Waals surface area contributed by atoms with Gasteiger partial charge >= 0.3 is 6.03 Å². The summed E-state index contributed by atoms with van der Waals surface area (Å²) in [5.74, 6) is 0.384. The van der Waals surface area contributed by atoms with Gasteiger partial charge in [0, 0.05) is 18.1 Å². The summed E-state index contributed by atoms with van der Waals surface area (Å²) in [4.78, 5) is 12.0. The quantitative estimate of drug-likeness (QED) is 0.758. The molecule has 0 saturated carbocycles. The molecule has 2 aromatic rings. The largest absolute Gasteiger partial charge is 0.394 e. The average molecular weight is 337 g/mol. The number of benzene rings is 1. The highest BCUT2D eigenvalue weighted by Crippen LogP contribution is 2.23. The van der Waals surface area contributed by atoms with Crippen LogP contribution in [0.1, 0.15) is 20.3 Å². The zero-order valence-electron chi connectivity index (χ0n) is 13.2. The number of carbonyl (C=O) groups excluding carboxylic acids is 1. The van der Waals surface area contributed by atoms with Gasteiger partial charge in [-0.1, -0.05) is 25.4 Å². The van der Waals surface area contributed by atoms with Gasteiger partial charge in [-0.3, -0.25) is 0 Å². The van der Waals surface area contributed by atoms with Crippen LogP contribution in [-0.4, -0.2) is 33.6 Å². The Hall–Kier alpha value is -2.05. The van der Waals surface area contributed by atoms with Crippen molar-refractivity contribution in [1.29, 1.82) is 0 Å². The number of anilines is 1. The first-order chi connectivity index (χ1) is 11.0. The monoisotopic (exact) mass is 336 g/mol. The molecule has 7 heteroatoms. The predicted molar refractivity (Wildman–Crippen MR) is 91.1 cm³/mol. The topological polar surface area (TPSA) is 79.2 Å². The third-order valence-corrected chi connectivity index (χ3v) is 3.57. The molecule has 124 valence electrons. The molecule has 1 aromatic carbocycles. The van der Waals surface area contributed by atoms with Crippen LogP contribution in [0.4, 0.5) is 10.5 Å². The van der Waals surface area contributed by atoms with E-state index in [0.29, 0.717) is 23.0 Å². The molecule has 0 fully saturated rings. The van der Waals surface area contributed by atoms with E-state index in [1.54, 1.807) is 41.3 Å². The Labute approximate surface area is 140 Å². The lowest BCUT2D eigenvalue weighted by molar-refractivity contribution is 0.214. The lowest BCUT2D eigenvalue weighted by atomic mass is 10.0. The molecule has 2 rings (SSSR count). The highest BCUT2D eigenvalue weighted by Gasteiger charge is 2.13. The Morgan fingerprint density at radius 3 is 2.78 bits per heavy atom. The fraction of sp³-hybridized carbons (Fsp3) is 0.375. The van der Waals surface area contributed by atoms with Crippen molar-refractivity contribution in [1.82, 2.24) is 15.1 Å². The van der Waals surface area contributed by atoms with Crippen molar-refractivity contribution >= 4 is 23.3 Å². The fourth-order valence-electron chi connectivity index (χ4n) is 2.28. The Bertz CT molecular complexity index is 644. The molecule has 0 aliphatic rings. The second-order valence-electron chi connectivity index (χ2n) is 5.72. The first-order valence-electron chi connectivity index (χ1n) is 7.47. The number of rotatable bonds is 6. The first-order valence-corrected chi connectivity index (χ1v) is 7.85. The van der Waals surface area contributed by atoms with Crippen LogP contribution < -0.4 is 10.6 Å². The number of amides is 2. The molecule has 0 spiro atoms. The number of nitrogens with zero attached hydrogens (tertiary/aromatic N) is 2. The molecule has 0 bridgehead atoms. The summed E-state index contributed by atoms with van der Waals surface area (Å²) in [6, 6.07) is 6.36. The number of aromatic nitrogens is 2. The molecular weight excluding hydrogens is 316 g/mol. The minimum Gasteiger partial charge on any atom is -0.394 e. The zero-order chi connectivity index (χ0) is 16.8. The van der Waals surface area contributed by atoms with Crippen LogP contribution in [0.25, 0.3) is 5.69 Å². The predicted octanol–water partition coefficient (Wildman–Crippen LogP) is 3.05. The van der Waals surface area contributed by atoms with Crippen molar-refractivity contribution in [2.45, 2.75) is 26.3 Å². The standard InChI is InChI=1S/C16H21ClN4O2/c1-11(2)8-13(10-22)20-16(23)19-12-4-5-15(14(17)9-12)21-7-3-6-18-21/h3-7,9,11,13,22H,8,10H2,1-2H3,(H2,19,20,23). The fourth-order valence-corrected chi connectivity index (χ4v) is 2.55. The minimum atomic E-state index is -0.368. The molecule has 0 aliphatic heterocycles. The molecule has 1 aromatic heterocycles. The Morgan fingerprint density at radius 2 is 2.22 bits per heavy atom. The van der Waals surface area contributed by atoms with E-state index in [0.717, 1.165) is 5.69 Å². The van der Waals surface area contributed by atoms with Crippen molar-refractivity contribution in [3.05, 3.63) is 41.7 Å². The van der Waals surface area contributed by atoms with E-state index in [9.17, 15) is 9.90 Å². The summed E-state index contributed by atoms with van der Waals surface area (Å²) in [7, 11) is 0. The van der Waals surface area contributed by atoms with Crippen LogP contribution in [0.3, 0.4) is 0 Å². The van der Waals surface area contributed by atoms with E-state index in [1.807, 2.05) is 13.8 Å². The zero-order valence-corrected chi connectivity index (χ0v) is 13.9. The molecule has 2 amide bonds. The smallest absolute Gasteiger partial charge is 0.319 e. The lowest BCUT2D eigenvalue weighted by Gasteiger charge is -2.18. The van der Waals surface area contributed by atoms with Gasteiger partial charge in [0.15, 0.2) is 0 Å². The van der Waals surface area contributed by atoms with E-state index in [2.05, 4.69) is 15.7 Å². The number of aliphatic hydroxyl groups excluding tert-OH is 1. The minimum absolute atomic E-state index is 0.0927. The normalized spacial score (nSPS) is 12.2.